The molecule has 0 spiro atoms. The number of nitrogens with zero attached hydrogens (tertiary/aromatic N) is 3. The number of nitriles is 1. The Morgan fingerprint density at radius 1 is 0.805 bits per heavy atom. The summed E-state index contributed by atoms with van der Waals surface area (Å²) in [5, 5.41) is 26.2. The van der Waals surface area contributed by atoms with Crippen molar-refractivity contribution in [2.45, 2.75) is 201 Å². The third-order valence-electron chi connectivity index (χ3n) is 20.6. The van der Waals surface area contributed by atoms with Crippen molar-refractivity contribution in [3.8, 4) is 17.6 Å². The molecule has 12 nitrogen and oxygen atoms in total. The minimum atomic E-state index is -1.72. The zero-order valence-electron chi connectivity index (χ0n) is 51.7. The maximum atomic E-state index is 14.5. The third-order valence-corrected chi connectivity index (χ3v) is 22.7. The monoisotopic (exact) mass is 1140 g/mol. The molecule has 0 bridgehead atoms. The van der Waals surface area contributed by atoms with Crippen LogP contribution in [0.3, 0.4) is 0 Å². The molecule has 1 saturated heterocycles. The molecule has 4 fully saturated rings. The van der Waals surface area contributed by atoms with Gasteiger partial charge in [0, 0.05) is 50.5 Å². The molecule has 4 aliphatic carbocycles. The van der Waals surface area contributed by atoms with Crippen molar-refractivity contribution in [2.24, 2.45) is 52.3 Å². The molecule has 2 N–H and O–H groups in total. The van der Waals surface area contributed by atoms with Gasteiger partial charge in [0.25, 0.3) is 8.53 Å². The number of hydrogen-bond donors (Lipinski definition) is 2. The van der Waals surface area contributed by atoms with Gasteiger partial charge < -0.3 is 38.6 Å². The molecular formula is C69H101N4O8P. The zero-order chi connectivity index (χ0) is 58.8. The summed E-state index contributed by atoms with van der Waals surface area (Å²) in [6.07, 6.45) is 16.6. The fourth-order valence-corrected chi connectivity index (χ4v) is 18.2. The van der Waals surface area contributed by atoms with Crippen molar-refractivity contribution in [2.75, 3.05) is 40.5 Å². The Morgan fingerprint density at radius 2 is 1.46 bits per heavy atom. The quantitative estimate of drug-likeness (QED) is 0.0328. The first-order valence-electron chi connectivity index (χ1n) is 31.6. The molecule has 82 heavy (non-hydrogen) atoms. The molecule has 0 radical (unpaired) electrons. The molecule has 1 aliphatic heterocycles. The Kier molecular flexibility index (Phi) is 22.1. The van der Waals surface area contributed by atoms with E-state index >= 15 is 0 Å². The van der Waals surface area contributed by atoms with Crippen LogP contribution in [0.25, 0.3) is 0 Å². The first kappa shape index (κ1) is 63.5. The largest absolute Gasteiger partial charge is 0.497 e. The summed E-state index contributed by atoms with van der Waals surface area (Å²) >= 11 is 0. The number of hydrogen-bond acceptors (Lipinski definition) is 10. The number of likely N-dealkylation sites (tertiary alicyclic amines) is 1. The maximum Gasteiger partial charge on any atom is 0.407 e. The van der Waals surface area contributed by atoms with Crippen LogP contribution >= 0.6 is 8.53 Å². The van der Waals surface area contributed by atoms with Crippen LogP contribution in [0.15, 0.2) is 90.5 Å². The predicted molar refractivity (Wildman–Crippen MR) is 328 cm³/mol. The first-order valence-corrected chi connectivity index (χ1v) is 32.7. The highest BCUT2D eigenvalue weighted by Gasteiger charge is 2.59. The van der Waals surface area contributed by atoms with Gasteiger partial charge in [-0.05, 0) is 173 Å². The van der Waals surface area contributed by atoms with Crippen LogP contribution in [-0.4, -0.2) is 97.5 Å². The lowest BCUT2D eigenvalue weighted by atomic mass is 9.47. The standard InChI is InChI=1S/C69H101N4O8P/c1-47(2)20-18-21-50(7)60-35-36-61-58-34-29-54-44-57(37-39-67(54,8)62(58)38-40-68(60,61)9)80-66(76)71-42-17-13-16-24-64(74)72-45-59(63(46-72)81-82(79-43-19-41-70)73(48(3)4)49(5)6)65(75)69(51-22-14-12-15-23-51,52-25-30-55(77-10)31-26-52)53-27-32-56(78-11)33-28-53/h12,14-15,22-23,25-33,47-50,57-63,65,75H,13,16-21,24,34-40,42-46H2,1-11H3,(H,71,76)/t50?,57?,58?,59?,60-,61?,62?,63?,65?,67+,68-,82?/m1/s1. The van der Waals surface area contributed by atoms with Gasteiger partial charge in [0.1, 0.15) is 17.6 Å². The van der Waals surface area contributed by atoms with Gasteiger partial charge in [-0.3, -0.25) is 4.79 Å². The molecule has 12 atom stereocenters. The lowest BCUT2D eigenvalue weighted by Crippen LogP contribution is -2.51. The molecule has 13 heteroatoms. The summed E-state index contributed by atoms with van der Waals surface area (Å²) in [7, 11) is 1.56. The Bertz CT molecular complexity index is 2530. The van der Waals surface area contributed by atoms with Crippen molar-refractivity contribution >= 4 is 20.5 Å². The lowest BCUT2D eigenvalue weighted by molar-refractivity contribution is -0.130. The highest BCUT2D eigenvalue weighted by Crippen LogP contribution is 2.67. The van der Waals surface area contributed by atoms with Crippen molar-refractivity contribution in [3.05, 3.63) is 107 Å². The van der Waals surface area contributed by atoms with Crippen LogP contribution in [0.2, 0.25) is 0 Å². The van der Waals surface area contributed by atoms with Gasteiger partial charge in [0.2, 0.25) is 5.91 Å². The number of carbonyl (C=O) groups is 2. The molecule has 3 aromatic carbocycles. The van der Waals surface area contributed by atoms with Crippen molar-refractivity contribution in [1.82, 2.24) is 14.9 Å². The average molecular weight is 1150 g/mol. The Hall–Kier alpha value is -4.50. The molecule has 2 amide bonds. The van der Waals surface area contributed by atoms with E-state index in [2.05, 4.69) is 84.4 Å². The van der Waals surface area contributed by atoms with E-state index in [1.165, 1.54) is 56.9 Å². The summed E-state index contributed by atoms with van der Waals surface area (Å²) in [4.78, 5) is 29.7. The number of aliphatic hydroxyl groups excluding tert-OH is 1. The lowest BCUT2D eigenvalue weighted by Gasteiger charge is -2.58. The van der Waals surface area contributed by atoms with Crippen LogP contribution in [0.5, 0.6) is 11.5 Å². The van der Waals surface area contributed by atoms with E-state index in [-0.39, 0.29) is 61.7 Å². The second-order valence-electron chi connectivity index (χ2n) is 26.5. The first-order chi connectivity index (χ1) is 39.4. The zero-order valence-corrected chi connectivity index (χ0v) is 52.6. The number of aliphatic hydroxyl groups is 1. The second kappa shape index (κ2) is 28.6. The molecule has 5 aliphatic rings. The molecule has 8 rings (SSSR count). The normalized spacial score (nSPS) is 27.3. The van der Waals surface area contributed by atoms with Crippen molar-refractivity contribution in [3.63, 3.8) is 0 Å². The summed E-state index contributed by atoms with van der Waals surface area (Å²) in [5.74, 6) is 5.56. The second-order valence-corrected chi connectivity index (χ2v) is 27.9. The summed E-state index contributed by atoms with van der Waals surface area (Å²) in [6, 6.07) is 28.1. The highest BCUT2D eigenvalue weighted by atomic mass is 31.2. The maximum absolute atomic E-state index is 14.5. The molecule has 3 saturated carbocycles. The fraction of sp³-hybridized carbons (Fsp3) is 0.667. The highest BCUT2D eigenvalue weighted by molar-refractivity contribution is 7.44. The van der Waals surface area contributed by atoms with Gasteiger partial charge >= 0.3 is 6.09 Å². The molecular weight excluding hydrogens is 1040 g/mol. The number of unbranched alkanes of at least 4 members (excludes halogenated alkanes) is 2. The van der Waals surface area contributed by atoms with Crippen LogP contribution in [-0.2, 0) is 24.0 Å². The number of nitrogens with one attached hydrogen (secondary N) is 1. The number of alkyl carbamates (subject to hydrolysis) is 1. The van der Waals surface area contributed by atoms with Crippen LogP contribution in [0, 0.1) is 63.6 Å². The number of benzene rings is 3. The number of ether oxygens (including phenoxy) is 3. The summed E-state index contributed by atoms with van der Waals surface area (Å²) in [5.41, 5.74) is 3.62. The Morgan fingerprint density at radius 3 is 2.09 bits per heavy atom. The molecule has 0 aromatic heterocycles. The molecule has 450 valence electrons. The number of amides is 2. The van der Waals surface area contributed by atoms with Crippen LogP contribution < -0.4 is 14.8 Å². The predicted octanol–water partition coefficient (Wildman–Crippen LogP) is 15.2. The van der Waals surface area contributed by atoms with Crippen LogP contribution in [0.1, 0.15) is 182 Å². The van der Waals surface area contributed by atoms with Gasteiger partial charge in [-0.25, -0.2) is 9.46 Å². The van der Waals surface area contributed by atoms with E-state index in [1.807, 2.05) is 83.8 Å². The fourth-order valence-electron chi connectivity index (χ4n) is 16.4. The average Bonchev–Trinajstić information content (AvgIpc) is 2.46. The molecule has 3 aromatic rings. The number of rotatable bonds is 27. The minimum absolute atomic E-state index is 0.0152. The number of methoxy groups -OCH3 is 2. The van der Waals surface area contributed by atoms with E-state index in [9.17, 15) is 20.0 Å². The van der Waals surface area contributed by atoms with E-state index in [4.69, 9.17) is 23.3 Å². The van der Waals surface area contributed by atoms with E-state index in [0.29, 0.717) is 36.3 Å². The van der Waals surface area contributed by atoms with E-state index in [1.54, 1.807) is 14.2 Å². The van der Waals surface area contributed by atoms with E-state index in [0.717, 1.165) is 84.3 Å². The van der Waals surface area contributed by atoms with Gasteiger partial charge in [-0.1, -0.05) is 127 Å². The van der Waals surface area contributed by atoms with Crippen LogP contribution in [0.4, 0.5) is 4.79 Å². The number of allylic oxidation sites excluding steroid dienone is 1. The topological polar surface area (TPSA) is 143 Å². The van der Waals surface area contributed by atoms with Crippen molar-refractivity contribution < 1.29 is 38.0 Å². The third kappa shape index (κ3) is 13.9. The van der Waals surface area contributed by atoms with E-state index < -0.39 is 32.1 Å². The van der Waals surface area contributed by atoms with Gasteiger partial charge in [0.05, 0.1) is 50.9 Å². The SMILES string of the molecule is COc1ccc(C(c2ccccc2)(c2ccc(OC)cc2)C(O)C2CN(C(=O)CCCCCNC(=O)OC3CC[C@@]4(C)C(=CCC5C4CC[C@@]4(C)C5CC[C@@H]4C(C)CCCC(C)C)C3)CC2OP(OCCC#N)N(C(C)C)C(C)C)cc1. The molecule has 1 heterocycles. The smallest absolute Gasteiger partial charge is 0.407 e. The number of carbonyl (C=O) groups excluding carboxylic acids is 2. The van der Waals surface area contributed by atoms with Crippen molar-refractivity contribution in [1.29, 1.82) is 5.26 Å². The van der Waals surface area contributed by atoms with Gasteiger partial charge in [-0.15, -0.1) is 0 Å². The Balaban J connectivity index is 0.903. The summed E-state index contributed by atoms with van der Waals surface area (Å²) < 4.78 is 33.2. The Labute approximate surface area is 494 Å². The van der Waals surface area contributed by atoms with Gasteiger partial charge in [0.15, 0.2) is 0 Å². The van der Waals surface area contributed by atoms with Gasteiger partial charge in [-0.2, -0.15) is 5.26 Å². The molecule has 9 unspecified atom stereocenters. The summed E-state index contributed by atoms with van der Waals surface area (Å²) in [6.45, 7) is 22.1. The number of fused-ring (bicyclic) bond motifs is 5. The minimum Gasteiger partial charge on any atom is -0.497 e.